The highest BCUT2D eigenvalue weighted by Gasteiger charge is 2.17. The minimum atomic E-state index is -0.604. The molecule has 0 nitrogen and oxygen atoms in total. The van der Waals surface area contributed by atoms with E-state index in [1.165, 1.54) is 12.1 Å². The fourth-order valence-corrected chi connectivity index (χ4v) is 2.47. The Bertz CT molecular complexity index is 569. The molecule has 0 saturated heterocycles. The van der Waals surface area contributed by atoms with Gasteiger partial charge in [0.05, 0.1) is 10.4 Å². The van der Waals surface area contributed by atoms with Gasteiger partial charge in [-0.2, -0.15) is 0 Å². The molecule has 0 saturated carbocycles. The molecule has 1 unspecified atom stereocenters. The molecule has 94 valence electrons. The van der Waals surface area contributed by atoms with Crippen molar-refractivity contribution < 1.29 is 4.39 Å². The lowest BCUT2D eigenvalue weighted by Crippen LogP contribution is -1.97. The van der Waals surface area contributed by atoms with E-state index in [0.717, 1.165) is 5.56 Å². The fraction of sp³-hybridized carbons (Fsp3) is 0.0769. The van der Waals surface area contributed by atoms with E-state index in [1.807, 2.05) is 0 Å². The first-order valence-electron chi connectivity index (χ1n) is 5.03. The quantitative estimate of drug-likeness (QED) is 0.436. The molecular weight excluding hydrogens is 361 g/mol. The number of rotatable bonds is 2. The van der Waals surface area contributed by atoms with Crippen LogP contribution in [0.15, 0.2) is 40.9 Å². The van der Waals surface area contributed by atoms with Gasteiger partial charge in [0.1, 0.15) is 5.82 Å². The van der Waals surface area contributed by atoms with E-state index in [-0.39, 0.29) is 0 Å². The molecule has 5 heteroatoms. The van der Waals surface area contributed by atoms with Gasteiger partial charge in [-0.1, -0.05) is 35.3 Å². The van der Waals surface area contributed by atoms with Gasteiger partial charge in [-0.3, -0.25) is 0 Å². The van der Waals surface area contributed by atoms with Gasteiger partial charge in [0, 0.05) is 15.1 Å². The first-order chi connectivity index (χ1) is 8.49. The molecule has 2 rings (SSSR count). The van der Waals surface area contributed by atoms with Crippen LogP contribution in [-0.4, -0.2) is 0 Å². The van der Waals surface area contributed by atoms with Crippen LogP contribution < -0.4 is 0 Å². The van der Waals surface area contributed by atoms with Crippen LogP contribution in [0.1, 0.15) is 16.5 Å². The summed E-state index contributed by atoms with van der Waals surface area (Å²) in [6.07, 6.45) is 0. The van der Waals surface area contributed by atoms with Crippen molar-refractivity contribution in [2.24, 2.45) is 0 Å². The second-order valence-corrected chi connectivity index (χ2v) is 5.84. The van der Waals surface area contributed by atoms with E-state index in [1.54, 1.807) is 24.3 Å². The van der Waals surface area contributed by atoms with E-state index in [9.17, 15) is 4.39 Å². The maximum Gasteiger partial charge on any atom is 0.129 e. The molecule has 0 heterocycles. The van der Waals surface area contributed by atoms with Crippen molar-refractivity contribution in [3.8, 4) is 0 Å². The smallest absolute Gasteiger partial charge is 0.129 e. The van der Waals surface area contributed by atoms with E-state index >= 15 is 0 Å². The molecule has 0 bridgehead atoms. The van der Waals surface area contributed by atoms with Crippen molar-refractivity contribution >= 4 is 50.7 Å². The Morgan fingerprint density at radius 2 is 1.67 bits per heavy atom. The highest BCUT2D eigenvalue weighted by atomic mass is 79.9. The third-order valence-corrected chi connectivity index (χ3v) is 4.41. The summed E-state index contributed by atoms with van der Waals surface area (Å²) in [4.78, 5) is 0. The predicted molar refractivity (Wildman–Crippen MR) is 78.3 cm³/mol. The topological polar surface area (TPSA) is 0 Å². The Morgan fingerprint density at radius 1 is 1.06 bits per heavy atom. The zero-order chi connectivity index (χ0) is 13.3. The third kappa shape index (κ3) is 3.00. The van der Waals surface area contributed by atoms with Crippen LogP contribution in [0, 0.1) is 5.82 Å². The van der Waals surface area contributed by atoms with Crippen molar-refractivity contribution in [1.29, 1.82) is 0 Å². The van der Waals surface area contributed by atoms with Crippen molar-refractivity contribution in [3.05, 3.63) is 67.9 Å². The second kappa shape index (κ2) is 5.79. The summed E-state index contributed by atoms with van der Waals surface area (Å²) in [5.41, 5.74) is 1.10. The molecule has 0 amide bonds. The van der Waals surface area contributed by atoms with Crippen molar-refractivity contribution in [2.75, 3.05) is 0 Å². The van der Waals surface area contributed by atoms with Gasteiger partial charge in [0.15, 0.2) is 0 Å². The summed E-state index contributed by atoms with van der Waals surface area (Å²) in [5.74, 6) is -0.402. The lowest BCUT2D eigenvalue weighted by molar-refractivity contribution is 0.611. The molecule has 0 aliphatic rings. The number of alkyl halides is 1. The first-order valence-corrected chi connectivity index (χ1v) is 7.01. The SMILES string of the molecule is Fc1cc(Br)c(Cl)cc1C(Cl)c1ccc(Cl)cc1. The summed E-state index contributed by atoms with van der Waals surface area (Å²) < 4.78 is 14.4. The third-order valence-electron chi connectivity index (χ3n) is 2.48. The van der Waals surface area contributed by atoms with Gasteiger partial charge in [0.2, 0.25) is 0 Å². The van der Waals surface area contributed by atoms with Crippen molar-refractivity contribution in [1.82, 2.24) is 0 Å². The minimum absolute atomic E-state index is 0.340. The summed E-state index contributed by atoms with van der Waals surface area (Å²) in [6, 6.07) is 9.77. The summed E-state index contributed by atoms with van der Waals surface area (Å²) >= 11 is 21.2. The highest BCUT2D eigenvalue weighted by molar-refractivity contribution is 9.10. The molecule has 0 aromatic heterocycles. The lowest BCUT2D eigenvalue weighted by Gasteiger charge is -2.12. The van der Waals surface area contributed by atoms with Crippen LogP contribution in [0.2, 0.25) is 10.0 Å². The predicted octanol–water partition coefficient (Wildman–Crippen LogP) is 6.22. The van der Waals surface area contributed by atoms with Gasteiger partial charge in [-0.25, -0.2) is 4.39 Å². The summed E-state index contributed by atoms with van der Waals surface area (Å²) in [6.45, 7) is 0. The van der Waals surface area contributed by atoms with Crippen LogP contribution in [0.5, 0.6) is 0 Å². The van der Waals surface area contributed by atoms with Gasteiger partial charge < -0.3 is 0 Å². The molecule has 0 aliphatic heterocycles. The van der Waals surface area contributed by atoms with E-state index < -0.39 is 11.2 Å². The number of hydrogen-bond acceptors (Lipinski definition) is 0. The number of halogens is 5. The Kier molecular flexibility index (Phi) is 4.54. The van der Waals surface area contributed by atoms with Gasteiger partial charge in [-0.15, -0.1) is 11.6 Å². The second-order valence-electron chi connectivity index (χ2n) is 3.70. The normalized spacial score (nSPS) is 12.5. The molecule has 1 atom stereocenters. The van der Waals surface area contributed by atoms with E-state index in [2.05, 4.69) is 15.9 Å². The largest absolute Gasteiger partial charge is 0.207 e. The molecule has 0 fully saturated rings. The highest BCUT2D eigenvalue weighted by Crippen LogP contribution is 2.35. The van der Waals surface area contributed by atoms with Crippen LogP contribution >= 0.6 is 50.7 Å². The first kappa shape index (κ1) is 14.1. The Balaban J connectivity index is 2.42. The number of hydrogen-bond donors (Lipinski definition) is 0. The minimum Gasteiger partial charge on any atom is -0.207 e. The number of benzene rings is 2. The maximum absolute atomic E-state index is 13.8. The van der Waals surface area contributed by atoms with Crippen LogP contribution in [0.25, 0.3) is 0 Å². The average molecular weight is 368 g/mol. The van der Waals surface area contributed by atoms with Crippen molar-refractivity contribution in [2.45, 2.75) is 5.38 Å². The van der Waals surface area contributed by atoms with Gasteiger partial charge in [-0.05, 0) is 45.8 Å². The van der Waals surface area contributed by atoms with E-state index in [4.69, 9.17) is 34.8 Å². The standard InChI is InChI=1S/C13H7BrCl3F/c14-10-6-12(18)9(5-11(10)16)13(17)7-1-3-8(15)4-2-7/h1-6,13H. The zero-order valence-corrected chi connectivity index (χ0v) is 12.8. The molecular formula is C13H7BrCl3F. The average Bonchev–Trinajstić information content (AvgIpc) is 2.34. The zero-order valence-electron chi connectivity index (χ0n) is 8.93. The monoisotopic (exact) mass is 366 g/mol. The molecule has 18 heavy (non-hydrogen) atoms. The summed E-state index contributed by atoms with van der Waals surface area (Å²) in [5, 5.41) is 0.427. The maximum atomic E-state index is 13.8. The fourth-order valence-electron chi connectivity index (χ4n) is 1.54. The van der Waals surface area contributed by atoms with E-state index in [0.29, 0.717) is 20.1 Å². The molecule has 0 aliphatic carbocycles. The molecule has 2 aromatic carbocycles. The van der Waals surface area contributed by atoms with Crippen LogP contribution in [0.4, 0.5) is 4.39 Å². The molecule has 2 aromatic rings. The molecule has 0 radical (unpaired) electrons. The Hall–Kier alpha value is -0.280. The lowest BCUT2D eigenvalue weighted by atomic mass is 10.0. The van der Waals surface area contributed by atoms with Gasteiger partial charge >= 0.3 is 0 Å². The Morgan fingerprint density at radius 3 is 2.28 bits per heavy atom. The Labute approximate surface area is 128 Å². The van der Waals surface area contributed by atoms with Crippen LogP contribution in [-0.2, 0) is 0 Å². The van der Waals surface area contributed by atoms with Crippen molar-refractivity contribution in [3.63, 3.8) is 0 Å². The molecule has 0 N–H and O–H groups in total. The van der Waals surface area contributed by atoms with Crippen LogP contribution in [0.3, 0.4) is 0 Å². The van der Waals surface area contributed by atoms with Gasteiger partial charge in [0.25, 0.3) is 0 Å². The molecule has 0 spiro atoms. The summed E-state index contributed by atoms with van der Waals surface area (Å²) in [7, 11) is 0.